The fraction of sp³-hybridized carbons (Fsp3) is 1.00. The van der Waals surface area contributed by atoms with Gasteiger partial charge in [0, 0.05) is 38.3 Å². The molecule has 0 aromatic heterocycles. The Labute approximate surface area is 126 Å². The molecule has 2 fully saturated rings. The molecule has 118 valence electrons. The van der Waals surface area contributed by atoms with Crippen LogP contribution in [0.1, 0.15) is 53.4 Å². The molecule has 0 spiro atoms. The average molecular weight is 281 g/mol. The highest BCUT2D eigenvalue weighted by molar-refractivity contribution is 4.89. The summed E-state index contributed by atoms with van der Waals surface area (Å²) in [6, 6.07) is 1.57. The zero-order valence-corrected chi connectivity index (χ0v) is 14.1. The minimum atomic E-state index is 0.452. The molecule has 3 nitrogen and oxygen atoms in total. The van der Waals surface area contributed by atoms with Crippen LogP contribution in [0, 0.1) is 5.41 Å². The number of piperidine rings is 1. The number of nitrogens with zero attached hydrogens (tertiary/aromatic N) is 2. The Balaban J connectivity index is 1.65. The van der Waals surface area contributed by atoms with Gasteiger partial charge < -0.3 is 5.32 Å². The third-order valence-corrected chi connectivity index (χ3v) is 4.94. The molecule has 0 amide bonds. The molecule has 2 saturated heterocycles. The van der Waals surface area contributed by atoms with Gasteiger partial charge in [-0.25, -0.2) is 0 Å². The van der Waals surface area contributed by atoms with Gasteiger partial charge in [0.05, 0.1) is 0 Å². The Morgan fingerprint density at radius 1 is 1.10 bits per heavy atom. The van der Waals surface area contributed by atoms with Crippen LogP contribution in [0.4, 0.5) is 0 Å². The fourth-order valence-corrected chi connectivity index (χ4v) is 3.54. The maximum Gasteiger partial charge on any atom is 0.0223 e. The van der Waals surface area contributed by atoms with Crippen LogP contribution in [0.15, 0.2) is 0 Å². The van der Waals surface area contributed by atoms with Gasteiger partial charge in [-0.05, 0) is 44.7 Å². The summed E-state index contributed by atoms with van der Waals surface area (Å²) in [5, 5.41) is 3.63. The predicted molar refractivity (Wildman–Crippen MR) is 87.2 cm³/mol. The zero-order valence-electron chi connectivity index (χ0n) is 14.1. The van der Waals surface area contributed by atoms with Gasteiger partial charge >= 0.3 is 0 Å². The molecular formula is C17H35N3. The van der Waals surface area contributed by atoms with Crippen molar-refractivity contribution < 1.29 is 0 Å². The van der Waals surface area contributed by atoms with E-state index in [1.54, 1.807) is 0 Å². The highest BCUT2D eigenvalue weighted by Crippen LogP contribution is 2.23. The van der Waals surface area contributed by atoms with Gasteiger partial charge in [0.15, 0.2) is 0 Å². The van der Waals surface area contributed by atoms with E-state index in [1.807, 2.05) is 0 Å². The molecule has 0 radical (unpaired) electrons. The van der Waals surface area contributed by atoms with Crippen LogP contribution in [-0.2, 0) is 0 Å². The molecule has 1 N–H and O–H groups in total. The summed E-state index contributed by atoms with van der Waals surface area (Å²) in [5.74, 6) is 0. The molecule has 0 bridgehead atoms. The van der Waals surface area contributed by atoms with Crippen molar-refractivity contribution in [3.63, 3.8) is 0 Å². The van der Waals surface area contributed by atoms with Crippen molar-refractivity contribution in [3.05, 3.63) is 0 Å². The molecule has 2 aliphatic rings. The molecule has 3 heteroatoms. The lowest BCUT2D eigenvalue weighted by atomic mass is 9.92. The average Bonchev–Trinajstić information content (AvgIpc) is 2.37. The van der Waals surface area contributed by atoms with E-state index in [4.69, 9.17) is 0 Å². The summed E-state index contributed by atoms with van der Waals surface area (Å²) < 4.78 is 0. The number of nitrogens with one attached hydrogen (secondary N) is 1. The zero-order chi connectivity index (χ0) is 14.6. The van der Waals surface area contributed by atoms with Gasteiger partial charge in [-0.1, -0.05) is 27.2 Å². The molecule has 0 aromatic rings. The first-order valence-electron chi connectivity index (χ1n) is 8.64. The van der Waals surface area contributed by atoms with Gasteiger partial charge in [0.2, 0.25) is 0 Å². The summed E-state index contributed by atoms with van der Waals surface area (Å²) in [7, 11) is 0. The number of hydrogen-bond acceptors (Lipinski definition) is 3. The number of hydrogen-bond donors (Lipinski definition) is 1. The minimum absolute atomic E-state index is 0.452. The molecular weight excluding hydrogens is 246 g/mol. The Kier molecular flexibility index (Phi) is 5.88. The van der Waals surface area contributed by atoms with Crippen LogP contribution >= 0.6 is 0 Å². The quantitative estimate of drug-likeness (QED) is 0.781. The first-order chi connectivity index (χ1) is 9.46. The largest absolute Gasteiger partial charge is 0.315 e. The third kappa shape index (κ3) is 5.01. The highest BCUT2D eigenvalue weighted by Gasteiger charge is 2.32. The fourth-order valence-electron chi connectivity index (χ4n) is 3.54. The molecule has 2 unspecified atom stereocenters. The number of rotatable bonds is 5. The first kappa shape index (κ1) is 16.3. The normalized spacial score (nSPS) is 29.4. The SMILES string of the molecule is CC1CN2CCCCC2CN1CCNCCC(C)(C)C. The third-order valence-electron chi connectivity index (χ3n) is 4.94. The van der Waals surface area contributed by atoms with E-state index in [0.29, 0.717) is 5.41 Å². The molecule has 2 rings (SSSR count). The van der Waals surface area contributed by atoms with Crippen molar-refractivity contribution >= 4 is 0 Å². The topological polar surface area (TPSA) is 18.5 Å². The lowest BCUT2D eigenvalue weighted by Crippen LogP contribution is -2.59. The van der Waals surface area contributed by atoms with Gasteiger partial charge in [-0.2, -0.15) is 0 Å². The molecule has 0 saturated carbocycles. The molecule has 0 aromatic carbocycles. The summed E-state index contributed by atoms with van der Waals surface area (Å²) in [6.07, 6.45) is 5.53. The highest BCUT2D eigenvalue weighted by atomic mass is 15.3. The van der Waals surface area contributed by atoms with Crippen molar-refractivity contribution in [2.45, 2.75) is 65.5 Å². The Morgan fingerprint density at radius 3 is 2.65 bits per heavy atom. The van der Waals surface area contributed by atoms with E-state index < -0.39 is 0 Å². The summed E-state index contributed by atoms with van der Waals surface area (Å²) in [5.41, 5.74) is 0.452. The second-order valence-corrected chi connectivity index (χ2v) is 8.05. The van der Waals surface area contributed by atoms with Gasteiger partial charge in [-0.15, -0.1) is 0 Å². The Morgan fingerprint density at radius 2 is 1.90 bits per heavy atom. The number of fused-ring (bicyclic) bond motifs is 1. The molecule has 2 atom stereocenters. The van der Waals surface area contributed by atoms with Gasteiger partial charge in [-0.3, -0.25) is 9.80 Å². The van der Waals surface area contributed by atoms with Gasteiger partial charge in [0.25, 0.3) is 0 Å². The van der Waals surface area contributed by atoms with Crippen LogP contribution in [-0.4, -0.2) is 61.2 Å². The van der Waals surface area contributed by atoms with Crippen LogP contribution in [0.2, 0.25) is 0 Å². The predicted octanol–water partition coefficient (Wildman–Crippen LogP) is 2.57. The lowest BCUT2D eigenvalue weighted by Gasteiger charge is -2.47. The summed E-state index contributed by atoms with van der Waals surface area (Å²) in [6.45, 7) is 16.8. The summed E-state index contributed by atoms with van der Waals surface area (Å²) in [4.78, 5) is 5.44. The number of piperazine rings is 1. The minimum Gasteiger partial charge on any atom is -0.315 e. The van der Waals surface area contributed by atoms with Crippen molar-refractivity contribution in [2.24, 2.45) is 5.41 Å². The van der Waals surface area contributed by atoms with E-state index in [2.05, 4.69) is 42.8 Å². The Bertz CT molecular complexity index is 284. The molecule has 2 aliphatic heterocycles. The van der Waals surface area contributed by atoms with Crippen LogP contribution < -0.4 is 5.32 Å². The van der Waals surface area contributed by atoms with Crippen molar-refractivity contribution in [1.82, 2.24) is 15.1 Å². The second-order valence-electron chi connectivity index (χ2n) is 8.05. The van der Waals surface area contributed by atoms with E-state index in [0.717, 1.165) is 25.2 Å². The maximum atomic E-state index is 3.63. The summed E-state index contributed by atoms with van der Waals surface area (Å²) >= 11 is 0. The monoisotopic (exact) mass is 281 g/mol. The van der Waals surface area contributed by atoms with E-state index >= 15 is 0 Å². The standard InChI is InChI=1S/C17H35N3/c1-15-13-20-11-6-5-7-16(20)14-19(15)12-10-18-9-8-17(2,3)4/h15-16,18H,5-14H2,1-4H3. The van der Waals surface area contributed by atoms with Crippen LogP contribution in [0.5, 0.6) is 0 Å². The van der Waals surface area contributed by atoms with Crippen molar-refractivity contribution in [1.29, 1.82) is 0 Å². The Hall–Kier alpha value is -0.120. The smallest absolute Gasteiger partial charge is 0.0223 e. The van der Waals surface area contributed by atoms with Crippen LogP contribution in [0.25, 0.3) is 0 Å². The van der Waals surface area contributed by atoms with E-state index in [1.165, 1.54) is 51.9 Å². The van der Waals surface area contributed by atoms with Crippen molar-refractivity contribution in [3.8, 4) is 0 Å². The lowest BCUT2D eigenvalue weighted by molar-refractivity contribution is 0.0160. The molecule has 20 heavy (non-hydrogen) atoms. The van der Waals surface area contributed by atoms with Gasteiger partial charge in [0.1, 0.15) is 0 Å². The van der Waals surface area contributed by atoms with Crippen LogP contribution in [0.3, 0.4) is 0 Å². The van der Waals surface area contributed by atoms with E-state index in [9.17, 15) is 0 Å². The molecule has 2 heterocycles. The first-order valence-corrected chi connectivity index (χ1v) is 8.64. The van der Waals surface area contributed by atoms with E-state index in [-0.39, 0.29) is 0 Å². The molecule has 0 aliphatic carbocycles. The second kappa shape index (κ2) is 7.24. The van der Waals surface area contributed by atoms with Crippen molar-refractivity contribution in [2.75, 3.05) is 39.3 Å². The maximum absolute atomic E-state index is 3.63.